The summed E-state index contributed by atoms with van der Waals surface area (Å²) in [5, 5.41) is 13.0. The summed E-state index contributed by atoms with van der Waals surface area (Å²) >= 11 is 0. The monoisotopic (exact) mass is 948 g/mol. The molecule has 0 rings (SSSR count). The van der Waals surface area contributed by atoms with E-state index < -0.39 is 0 Å². The molecule has 0 aliphatic carbocycles. The van der Waals surface area contributed by atoms with Gasteiger partial charge in [-0.15, -0.1) is 0 Å². The molecule has 0 fully saturated rings. The predicted molar refractivity (Wildman–Crippen MR) is 291 cm³/mol. The summed E-state index contributed by atoms with van der Waals surface area (Å²) in [5.41, 5.74) is 5.95. The van der Waals surface area contributed by atoms with Crippen molar-refractivity contribution in [3.05, 3.63) is 0 Å². The van der Waals surface area contributed by atoms with Crippen LogP contribution >= 0.6 is 0 Å². The van der Waals surface area contributed by atoms with Gasteiger partial charge in [-0.1, -0.05) is 233 Å². The molecule has 398 valence electrons. The van der Waals surface area contributed by atoms with Crippen molar-refractivity contribution in [3.63, 3.8) is 0 Å². The van der Waals surface area contributed by atoms with Gasteiger partial charge in [0.25, 0.3) is 0 Å². The van der Waals surface area contributed by atoms with E-state index in [4.69, 9.17) is 5.73 Å². The summed E-state index contributed by atoms with van der Waals surface area (Å²) in [6.07, 6.45) is 48.7. The lowest BCUT2D eigenvalue weighted by molar-refractivity contribution is -0.122. The Hall–Kier alpha value is -1.75. The highest BCUT2D eigenvalue weighted by atomic mass is 16.2. The Morgan fingerprint density at radius 1 is 0.299 bits per heavy atom. The van der Waals surface area contributed by atoms with Gasteiger partial charge in [0.05, 0.1) is 0 Å². The second-order valence-corrected chi connectivity index (χ2v) is 20.2. The highest BCUT2D eigenvalue weighted by molar-refractivity contribution is 5.77. The van der Waals surface area contributed by atoms with Crippen LogP contribution in [0.15, 0.2) is 0 Å². The third-order valence-electron chi connectivity index (χ3n) is 13.7. The van der Waals surface area contributed by atoms with Crippen molar-refractivity contribution in [1.82, 2.24) is 31.1 Å². The third kappa shape index (κ3) is 51.9. The zero-order valence-electron chi connectivity index (χ0n) is 45.3. The van der Waals surface area contributed by atoms with Gasteiger partial charge in [0.2, 0.25) is 17.7 Å². The van der Waals surface area contributed by atoms with Gasteiger partial charge in [-0.2, -0.15) is 0 Å². The molecule has 0 heterocycles. The maximum absolute atomic E-state index is 12.9. The average Bonchev–Trinajstić information content (AvgIpc) is 3.33. The van der Waals surface area contributed by atoms with Crippen molar-refractivity contribution >= 4 is 17.7 Å². The molecule has 0 bridgehead atoms. The molecule has 0 saturated heterocycles. The summed E-state index contributed by atoms with van der Waals surface area (Å²) in [6, 6.07) is 0. The van der Waals surface area contributed by atoms with Crippen LogP contribution in [0.1, 0.15) is 271 Å². The number of nitrogens with two attached hydrogens (primary N) is 1. The molecule has 0 aromatic heterocycles. The molecule has 6 N–H and O–H groups in total. The maximum Gasteiger partial charge on any atom is 0.221 e. The van der Waals surface area contributed by atoms with Crippen LogP contribution in [0.2, 0.25) is 0 Å². The lowest BCUT2D eigenvalue weighted by Crippen LogP contribution is -2.41. The third-order valence-corrected chi connectivity index (χ3v) is 13.7. The Morgan fingerprint density at radius 2 is 0.522 bits per heavy atom. The van der Waals surface area contributed by atoms with Crippen LogP contribution in [-0.2, 0) is 14.4 Å². The Labute approximate surface area is 417 Å². The van der Waals surface area contributed by atoms with E-state index in [1.807, 2.05) is 0 Å². The highest BCUT2D eigenvalue weighted by Gasteiger charge is 2.12. The number of nitrogens with one attached hydrogen (secondary N) is 4. The Balaban J connectivity index is 4.48. The van der Waals surface area contributed by atoms with Gasteiger partial charge in [0.15, 0.2) is 0 Å². The first kappa shape index (κ1) is 65.2. The molecule has 0 aliphatic heterocycles. The molecule has 3 amide bonds. The van der Waals surface area contributed by atoms with Gasteiger partial charge in [-0.3, -0.25) is 14.4 Å². The fraction of sp³-hybridized carbons (Fsp3) is 0.947. The molecule has 0 aromatic carbocycles. The topological polar surface area (TPSA) is 132 Å². The van der Waals surface area contributed by atoms with Crippen LogP contribution in [-0.4, -0.2) is 106 Å². The van der Waals surface area contributed by atoms with Crippen molar-refractivity contribution in [2.45, 2.75) is 271 Å². The Kier molecular flexibility index (Phi) is 53.7. The average molecular weight is 949 g/mol. The van der Waals surface area contributed by atoms with Crippen LogP contribution < -0.4 is 27.0 Å². The van der Waals surface area contributed by atoms with Gasteiger partial charge < -0.3 is 36.8 Å². The van der Waals surface area contributed by atoms with Crippen LogP contribution in [0, 0.1) is 0 Å². The van der Waals surface area contributed by atoms with Gasteiger partial charge in [0, 0.05) is 97.8 Å². The summed E-state index contributed by atoms with van der Waals surface area (Å²) in [5.74, 6) is 0.339. The molecule has 0 radical (unpaired) electrons. The van der Waals surface area contributed by atoms with Crippen molar-refractivity contribution in [2.75, 3.05) is 78.5 Å². The van der Waals surface area contributed by atoms with Crippen molar-refractivity contribution in [2.24, 2.45) is 5.73 Å². The number of rotatable bonds is 56. The fourth-order valence-electron chi connectivity index (χ4n) is 9.08. The lowest BCUT2D eigenvalue weighted by Gasteiger charge is -2.24. The van der Waals surface area contributed by atoms with Crippen LogP contribution in [0.4, 0.5) is 0 Å². The second-order valence-electron chi connectivity index (χ2n) is 20.2. The van der Waals surface area contributed by atoms with Crippen LogP contribution in [0.5, 0.6) is 0 Å². The first-order chi connectivity index (χ1) is 33.0. The summed E-state index contributed by atoms with van der Waals surface area (Å²) < 4.78 is 0. The quantitative estimate of drug-likeness (QED) is 0.0384. The molecular weight excluding hydrogens is 831 g/mol. The largest absolute Gasteiger partial charge is 0.356 e. The number of carbonyl (C=O) groups excluding carboxylic acids is 3. The van der Waals surface area contributed by atoms with Gasteiger partial charge in [-0.25, -0.2) is 0 Å². The van der Waals surface area contributed by atoms with Crippen molar-refractivity contribution in [3.8, 4) is 0 Å². The first-order valence-corrected chi connectivity index (χ1v) is 29.6. The van der Waals surface area contributed by atoms with E-state index in [-0.39, 0.29) is 17.7 Å². The zero-order valence-corrected chi connectivity index (χ0v) is 45.3. The van der Waals surface area contributed by atoms with Crippen molar-refractivity contribution < 1.29 is 14.4 Å². The number of hydrogen-bond donors (Lipinski definition) is 5. The Morgan fingerprint density at radius 3 is 0.761 bits per heavy atom. The van der Waals surface area contributed by atoms with E-state index in [2.05, 4.69) is 51.8 Å². The maximum atomic E-state index is 12.9. The number of hydrogen-bond acceptors (Lipinski definition) is 7. The molecular formula is C57H117N7O3. The standard InChI is InChI=1S/C57H117N7O3/c1-4-7-10-13-16-19-22-25-28-31-34-37-44-60-55(65)40-49-63(50-41-56(66)61-45-38-35-32-29-26-23-20-17-14-11-8-5-2)53-47-59-48-54-64(52-43-58)51-42-57(67)62-46-39-36-33-30-27-24-21-18-15-12-9-6-3/h59H,4-54,58H2,1-3H3,(H,60,65)(H,61,66)(H,62,67). The molecule has 0 aliphatic rings. The second kappa shape index (κ2) is 55.2. The minimum Gasteiger partial charge on any atom is -0.356 e. The molecule has 10 heteroatoms. The molecule has 0 atom stereocenters. The smallest absolute Gasteiger partial charge is 0.221 e. The van der Waals surface area contributed by atoms with E-state index in [9.17, 15) is 14.4 Å². The van der Waals surface area contributed by atoms with Gasteiger partial charge in [0.1, 0.15) is 0 Å². The van der Waals surface area contributed by atoms with E-state index >= 15 is 0 Å². The number of amides is 3. The van der Waals surface area contributed by atoms with Crippen molar-refractivity contribution in [1.29, 1.82) is 0 Å². The predicted octanol–water partition coefficient (Wildman–Crippen LogP) is 12.8. The molecule has 0 aromatic rings. The number of nitrogens with zero attached hydrogens (tertiary/aromatic N) is 2. The minimum absolute atomic E-state index is 0.105. The minimum atomic E-state index is 0.105. The molecule has 0 spiro atoms. The fourth-order valence-corrected chi connectivity index (χ4v) is 9.08. The van der Waals surface area contributed by atoms with Gasteiger partial charge >= 0.3 is 0 Å². The lowest BCUT2D eigenvalue weighted by atomic mass is 10.1. The van der Waals surface area contributed by atoms with E-state index in [1.54, 1.807) is 0 Å². The SMILES string of the molecule is CCCCCCCCCCCCCCNC(=O)CCN(CCN)CCNCCN(CCC(=O)NCCCCCCCCCCCCCC)CCC(=O)NCCCCCCCCCCCCCC. The number of carbonyl (C=O) groups is 3. The van der Waals surface area contributed by atoms with Crippen LogP contribution in [0.25, 0.3) is 0 Å². The van der Waals surface area contributed by atoms with Crippen LogP contribution in [0.3, 0.4) is 0 Å². The van der Waals surface area contributed by atoms with E-state index in [0.29, 0.717) is 45.4 Å². The zero-order chi connectivity index (χ0) is 48.8. The molecule has 67 heavy (non-hydrogen) atoms. The summed E-state index contributed by atoms with van der Waals surface area (Å²) in [4.78, 5) is 42.9. The summed E-state index contributed by atoms with van der Waals surface area (Å²) in [7, 11) is 0. The van der Waals surface area contributed by atoms with E-state index in [1.165, 1.54) is 212 Å². The molecule has 0 saturated carbocycles. The summed E-state index contributed by atoms with van der Waals surface area (Å²) in [6.45, 7) is 15.6. The normalized spacial score (nSPS) is 11.6. The first-order valence-electron chi connectivity index (χ1n) is 29.6. The highest BCUT2D eigenvalue weighted by Crippen LogP contribution is 2.14. The molecule has 0 unspecified atom stereocenters. The Bertz CT molecular complexity index is 988. The molecule has 10 nitrogen and oxygen atoms in total. The number of unbranched alkanes of at least 4 members (excludes halogenated alkanes) is 33. The van der Waals surface area contributed by atoms with E-state index in [0.717, 1.165) is 71.6 Å². The van der Waals surface area contributed by atoms with Gasteiger partial charge in [-0.05, 0) is 19.3 Å².